The van der Waals surface area contributed by atoms with Gasteiger partial charge in [-0.15, -0.1) is 0 Å². The molecule has 3 rings (SSSR count). The summed E-state index contributed by atoms with van der Waals surface area (Å²) in [6.07, 6.45) is 5.25. The van der Waals surface area contributed by atoms with E-state index in [2.05, 4.69) is 37.0 Å². The summed E-state index contributed by atoms with van der Waals surface area (Å²) in [5.41, 5.74) is 9.52. The second-order valence-corrected chi connectivity index (χ2v) is 6.47. The minimum absolute atomic E-state index is 0.428. The first-order valence-corrected chi connectivity index (χ1v) is 7.88. The van der Waals surface area contributed by atoms with E-state index in [1.165, 1.54) is 42.6 Å². The lowest BCUT2D eigenvalue weighted by molar-refractivity contribution is 0.507. The van der Waals surface area contributed by atoms with E-state index in [4.69, 9.17) is 10.7 Å². The van der Waals surface area contributed by atoms with Gasteiger partial charge < -0.3 is 10.7 Å². The molecule has 0 amide bonds. The molecule has 3 N–H and O–H groups in total. The van der Waals surface area contributed by atoms with Gasteiger partial charge >= 0.3 is 0 Å². The predicted molar refractivity (Wildman–Crippen MR) is 83.9 cm³/mol. The maximum atomic E-state index is 5.93. The topological polar surface area (TPSA) is 54.7 Å². The predicted octanol–water partition coefficient (Wildman–Crippen LogP) is 3.92. The van der Waals surface area contributed by atoms with E-state index in [-0.39, 0.29) is 0 Å². The number of nitrogens with zero attached hydrogens (tertiary/aromatic N) is 1. The third kappa shape index (κ3) is 2.47. The second-order valence-electron chi connectivity index (χ2n) is 6.47. The molecule has 108 valence electrons. The normalized spacial score (nSPS) is 18.2. The number of rotatable bonds is 4. The molecule has 1 unspecified atom stereocenters. The summed E-state index contributed by atoms with van der Waals surface area (Å²) in [4.78, 5) is 8.32. The second kappa shape index (κ2) is 5.57. The van der Waals surface area contributed by atoms with Gasteiger partial charge in [0, 0.05) is 5.92 Å². The summed E-state index contributed by atoms with van der Waals surface area (Å²) in [5.74, 6) is 2.82. The summed E-state index contributed by atoms with van der Waals surface area (Å²) in [5, 5.41) is 0. The number of aromatic amines is 1. The van der Waals surface area contributed by atoms with Crippen molar-refractivity contribution in [1.29, 1.82) is 0 Å². The number of hydrogen-bond acceptors (Lipinski definition) is 2. The molecule has 3 heteroatoms. The Labute approximate surface area is 121 Å². The lowest BCUT2D eigenvalue weighted by Gasteiger charge is -2.19. The number of H-pyrrole nitrogens is 1. The van der Waals surface area contributed by atoms with Gasteiger partial charge in [0.15, 0.2) is 0 Å². The molecule has 1 aromatic carbocycles. The number of aromatic nitrogens is 2. The molecule has 1 atom stereocenters. The molecule has 0 saturated heterocycles. The van der Waals surface area contributed by atoms with Gasteiger partial charge in [-0.25, -0.2) is 4.98 Å². The summed E-state index contributed by atoms with van der Waals surface area (Å²) in [6, 6.07) is 6.59. The highest BCUT2D eigenvalue weighted by atomic mass is 14.9. The minimum atomic E-state index is 0.428. The number of benzene rings is 1. The Morgan fingerprint density at radius 1 is 1.30 bits per heavy atom. The smallest absolute Gasteiger partial charge is 0.110 e. The van der Waals surface area contributed by atoms with E-state index in [9.17, 15) is 0 Å². The SMILES string of the molecule is CC(C)C(CN)c1ccc2nc(C3CCCC3)[nH]c2c1. The Morgan fingerprint density at radius 2 is 2.05 bits per heavy atom. The molecular weight excluding hydrogens is 246 g/mol. The fourth-order valence-electron chi connectivity index (χ4n) is 3.46. The van der Waals surface area contributed by atoms with Crippen molar-refractivity contribution in [3.05, 3.63) is 29.6 Å². The number of fused-ring (bicyclic) bond motifs is 1. The van der Waals surface area contributed by atoms with Crippen LogP contribution in [0.4, 0.5) is 0 Å². The number of nitrogens with two attached hydrogens (primary N) is 1. The number of hydrogen-bond donors (Lipinski definition) is 2. The van der Waals surface area contributed by atoms with Crippen molar-refractivity contribution >= 4 is 11.0 Å². The van der Waals surface area contributed by atoms with Crippen LogP contribution in [0.2, 0.25) is 0 Å². The Balaban J connectivity index is 1.94. The summed E-state index contributed by atoms with van der Waals surface area (Å²) >= 11 is 0. The van der Waals surface area contributed by atoms with Gasteiger partial charge in [0.2, 0.25) is 0 Å². The highest BCUT2D eigenvalue weighted by molar-refractivity contribution is 5.76. The fraction of sp³-hybridized carbons (Fsp3) is 0.588. The van der Waals surface area contributed by atoms with Crippen molar-refractivity contribution in [1.82, 2.24) is 9.97 Å². The summed E-state index contributed by atoms with van der Waals surface area (Å²) in [6.45, 7) is 5.17. The van der Waals surface area contributed by atoms with E-state index >= 15 is 0 Å². The van der Waals surface area contributed by atoms with E-state index in [1.807, 2.05) is 0 Å². The lowest BCUT2D eigenvalue weighted by atomic mass is 9.88. The molecule has 1 aliphatic rings. The number of imidazole rings is 1. The number of nitrogens with one attached hydrogen (secondary N) is 1. The molecule has 0 radical (unpaired) electrons. The molecule has 20 heavy (non-hydrogen) atoms. The van der Waals surface area contributed by atoms with Crippen molar-refractivity contribution in [2.24, 2.45) is 11.7 Å². The maximum absolute atomic E-state index is 5.93. The summed E-state index contributed by atoms with van der Waals surface area (Å²) in [7, 11) is 0. The van der Waals surface area contributed by atoms with Gasteiger partial charge in [0.05, 0.1) is 11.0 Å². The zero-order valence-electron chi connectivity index (χ0n) is 12.5. The van der Waals surface area contributed by atoms with Crippen molar-refractivity contribution in [2.75, 3.05) is 6.54 Å². The van der Waals surface area contributed by atoms with Crippen LogP contribution in [0.5, 0.6) is 0 Å². The van der Waals surface area contributed by atoms with E-state index in [1.54, 1.807) is 0 Å². The third-order valence-electron chi connectivity index (χ3n) is 4.75. The Kier molecular flexibility index (Phi) is 3.79. The molecule has 0 bridgehead atoms. The van der Waals surface area contributed by atoms with Gasteiger partial charge in [-0.3, -0.25) is 0 Å². The van der Waals surface area contributed by atoms with Crippen molar-refractivity contribution in [3.63, 3.8) is 0 Å². The molecule has 1 saturated carbocycles. The first-order valence-electron chi connectivity index (χ1n) is 7.88. The first-order chi connectivity index (χ1) is 9.69. The van der Waals surface area contributed by atoms with Crippen LogP contribution in [-0.4, -0.2) is 16.5 Å². The Bertz CT molecular complexity index is 579. The van der Waals surface area contributed by atoms with Gasteiger partial charge in [0.1, 0.15) is 5.82 Å². The Morgan fingerprint density at radius 3 is 2.70 bits per heavy atom. The average Bonchev–Trinajstić information content (AvgIpc) is 3.07. The van der Waals surface area contributed by atoms with Crippen molar-refractivity contribution < 1.29 is 0 Å². The monoisotopic (exact) mass is 271 g/mol. The fourth-order valence-corrected chi connectivity index (χ4v) is 3.46. The van der Waals surface area contributed by atoms with Crippen molar-refractivity contribution in [2.45, 2.75) is 51.4 Å². The van der Waals surface area contributed by atoms with Crippen LogP contribution in [0.25, 0.3) is 11.0 Å². The molecule has 1 fully saturated rings. The maximum Gasteiger partial charge on any atom is 0.110 e. The van der Waals surface area contributed by atoms with Crippen LogP contribution in [0, 0.1) is 5.92 Å². The Hall–Kier alpha value is -1.35. The highest BCUT2D eigenvalue weighted by Crippen LogP contribution is 2.34. The first kappa shape index (κ1) is 13.6. The lowest BCUT2D eigenvalue weighted by Crippen LogP contribution is -2.17. The quantitative estimate of drug-likeness (QED) is 0.885. The standard InChI is InChI=1S/C17H25N3/c1-11(2)14(10-18)13-7-8-15-16(9-13)20-17(19-15)12-5-3-4-6-12/h7-9,11-12,14H,3-6,10,18H2,1-2H3,(H,19,20). The molecule has 1 heterocycles. The van der Waals surface area contributed by atoms with Gasteiger partial charge in [-0.1, -0.05) is 32.8 Å². The van der Waals surface area contributed by atoms with Crippen LogP contribution in [0.1, 0.15) is 62.8 Å². The zero-order valence-corrected chi connectivity index (χ0v) is 12.5. The molecule has 0 spiro atoms. The van der Waals surface area contributed by atoms with Crippen LogP contribution in [-0.2, 0) is 0 Å². The van der Waals surface area contributed by atoms with Crippen LogP contribution in [0.15, 0.2) is 18.2 Å². The van der Waals surface area contributed by atoms with Gasteiger partial charge in [-0.2, -0.15) is 0 Å². The third-order valence-corrected chi connectivity index (χ3v) is 4.75. The van der Waals surface area contributed by atoms with E-state index < -0.39 is 0 Å². The average molecular weight is 271 g/mol. The molecule has 3 nitrogen and oxygen atoms in total. The molecule has 1 aliphatic carbocycles. The van der Waals surface area contributed by atoms with E-state index in [0.717, 1.165) is 5.52 Å². The van der Waals surface area contributed by atoms with Gasteiger partial charge in [0.25, 0.3) is 0 Å². The largest absolute Gasteiger partial charge is 0.342 e. The molecule has 1 aromatic heterocycles. The summed E-state index contributed by atoms with van der Waals surface area (Å²) < 4.78 is 0. The molecule has 2 aromatic rings. The molecule has 0 aliphatic heterocycles. The van der Waals surface area contributed by atoms with Crippen LogP contribution >= 0.6 is 0 Å². The van der Waals surface area contributed by atoms with Crippen LogP contribution in [0.3, 0.4) is 0 Å². The van der Waals surface area contributed by atoms with Crippen molar-refractivity contribution in [3.8, 4) is 0 Å². The molecular formula is C17H25N3. The van der Waals surface area contributed by atoms with Crippen LogP contribution < -0.4 is 5.73 Å². The highest BCUT2D eigenvalue weighted by Gasteiger charge is 2.21. The zero-order chi connectivity index (χ0) is 14.1. The van der Waals surface area contributed by atoms with Gasteiger partial charge in [-0.05, 0) is 48.9 Å². The van der Waals surface area contributed by atoms with E-state index in [0.29, 0.717) is 24.3 Å². The minimum Gasteiger partial charge on any atom is -0.342 e.